The zero-order chi connectivity index (χ0) is 13.3. The lowest BCUT2D eigenvalue weighted by Gasteiger charge is -2.08. The summed E-state index contributed by atoms with van der Waals surface area (Å²) < 4.78 is 0.787. The summed E-state index contributed by atoms with van der Waals surface area (Å²) in [5, 5.41) is 3.24. The van der Waals surface area contributed by atoms with E-state index in [9.17, 15) is 0 Å². The van der Waals surface area contributed by atoms with Crippen LogP contribution in [-0.2, 0) is 6.42 Å². The van der Waals surface area contributed by atoms with Gasteiger partial charge in [-0.05, 0) is 35.2 Å². The molecule has 2 aromatic heterocycles. The van der Waals surface area contributed by atoms with Gasteiger partial charge in [0.15, 0.2) is 10.8 Å². The fraction of sp³-hybridized carbons (Fsp3) is 0.417. The van der Waals surface area contributed by atoms with Crippen LogP contribution in [0.25, 0.3) is 10.8 Å². The predicted octanol–water partition coefficient (Wildman–Crippen LogP) is 4.52. The van der Waals surface area contributed by atoms with Gasteiger partial charge in [-0.15, -0.1) is 11.3 Å². The van der Waals surface area contributed by atoms with Gasteiger partial charge in [-0.2, -0.15) is 0 Å². The molecular weight excluding hydrogens is 334 g/mol. The minimum atomic E-state index is 0.448. The topological polar surface area (TPSA) is 38.7 Å². The molecule has 0 aromatic carbocycles. The number of thiazole rings is 1. The minimum Gasteiger partial charge on any atom is -0.238 e. The Bertz CT molecular complexity index is 568. The molecule has 0 amide bonds. The highest BCUT2D eigenvalue weighted by atomic mass is 79.9. The summed E-state index contributed by atoms with van der Waals surface area (Å²) in [5.41, 5.74) is 1.91. The van der Waals surface area contributed by atoms with Crippen LogP contribution in [0.3, 0.4) is 0 Å². The second-order valence-electron chi connectivity index (χ2n) is 4.49. The van der Waals surface area contributed by atoms with Gasteiger partial charge >= 0.3 is 0 Å². The maximum atomic E-state index is 6.14. The van der Waals surface area contributed by atoms with E-state index >= 15 is 0 Å². The molecule has 0 atom stereocenters. The van der Waals surface area contributed by atoms with Crippen LogP contribution in [0.15, 0.2) is 9.85 Å². The average molecular weight is 347 g/mol. The first-order valence-electron chi connectivity index (χ1n) is 5.61. The van der Waals surface area contributed by atoms with Crippen LogP contribution in [0.2, 0.25) is 5.15 Å². The smallest absolute Gasteiger partial charge is 0.190 e. The number of nitrogens with zero attached hydrogens (tertiary/aromatic N) is 3. The van der Waals surface area contributed by atoms with Crippen molar-refractivity contribution in [3.63, 3.8) is 0 Å². The van der Waals surface area contributed by atoms with Crippen molar-refractivity contribution >= 4 is 38.9 Å². The number of halogens is 2. The maximum Gasteiger partial charge on any atom is 0.190 e. The Labute approximate surface area is 124 Å². The normalized spacial score (nSPS) is 11.2. The van der Waals surface area contributed by atoms with E-state index in [0.717, 1.165) is 27.3 Å². The lowest BCUT2D eigenvalue weighted by Crippen LogP contribution is -2.02. The Hall–Kier alpha value is -0.520. The lowest BCUT2D eigenvalue weighted by molar-refractivity contribution is 0.632. The summed E-state index contributed by atoms with van der Waals surface area (Å²) in [6, 6.07) is 0. The molecule has 6 heteroatoms. The van der Waals surface area contributed by atoms with Crippen molar-refractivity contribution < 1.29 is 0 Å². The molecule has 0 unspecified atom stereocenters. The standard InChI is InChI=1S/C12H13BrClN3S/c1-6(2)4-8-9(13)10(14)17-11(16-8)12-15-7(3)5-18-12/h5-6H,4H2,1-3H3. The van der Waals surface area contributed by atoms with Crippen molar-refractivity contribution in [2.24, 2.45) is 5.92 Å². The van der Waals surface area contributed by atoms with Crippen molar-refractivity contribution in [2.45, 2.75) is 27.2 Å². The molecule has 96 valence electrons. The molecule has 0 N–H and O–H groups in total. The molecule has 18 heavy (non-hydrogen) atoms. The van der Waals surface area contributed by atoms with E-state index in [4.69, 9.17) is 11.6 Å². The van der Waals surface area contributed by atoms with E-state index in [-0.39, 0.29) is 0 Å². The highest BCUT2D eigenvalue weighted by Crippen LogP contribution is 2.29. The zero-order valence-electron chi connectivity index (χ0n) is 10.4. The van der Waals surface area contributed by atoms with Gasteiger partial charge in [-0.1, -0.05) is 25.4 Å². The van der Waals surface area contributed by atoms with Crippen LogP contribution >= 0.6 is 38.9 Å². The molecule has 0 aliphatic heterocycles. The Morgan fingerprint density at radius 1 is 1.33 bits per heavy atom. The van der Waals surface area contributed by atoms with Gasteiger partial charge in [0.2, 0.25) is 0 Å². The predicted molar refractivity (Wildman–Crippen MR) is 79.1 cm³/mol. The molecule has 2 aromatic rings. The number of hydrogen-bond donors (Lipinski definition) is 0. The fourth-order valence-electron chi connectivity index (χ4n) is 1.54. The largest absolute Gasteiger partial charge is 0.238 e. The van der Waals surface area contributed by atoms with Crippen LogP contribution in [0.4, 0.5) is 0 Å². The van der Waals surface area contributed by atoms with Gasteiger partial charge in [0.05, 0.1) is 10.2 Å². The molecule has 2 rings (SSSR count). The van der Waals surface area contributed by atoms with Gasteiger partial charge in [-0.3, -0.25) is 0 Å². The molecule has 0 radical (unpaired) electrons. The van der Waals surface area contributed by atoms with E-state index in [1.54, 1.807) is 0 Å². The van der Waals surface area contributed by atoms with Crippen LogP contribution in [0.5, 0.6) is 0 Å². The molecular formula is C12H13BrClN3S. The van der Waals surface area contributed by atoms with Gasteiger partial charge in [0.25, 0.3) is 0 Å². The molecule has 0 aliphatic carbocycles. The van der Waals surface area contributed by atoms with E-state index in [1.807, 2.05) is 12.3 Å². The monoisotopic (exact) mass is 345 g/mol. The van der Waals surface area contributed by atoms with Crippen molar-refractivity contribution in [1.82, 2.24) is 15.0 Å². The van der Waals surface area contributed by atoms with E-state index < -0.39 is 0 Å². The summed E-state index contributed by atoms with van der Waals surface area (Å²) in [7, 11) is 0. The lowest BCUT2D eigenvalue weighted by atomic mass is 10.1. The Morgan fingerprint density at radius 2 is 2.06 bits per heavy atom. The van der Waals surface area contributed by atoms with Crippen molar-refractivity contribution in [2.75, 3.05) is 0 Å². The highest BCUT2D eigenvalue weighted by Gasteiger charge is 2.15. The summed E-state index contributed by atoms with van der Waals surface area (Å²) in [6.45, 7) is 6.25. The van der Waals surface area contributed by atoms with Crippen molar-refractivity contribution in [3.8, 4) is 10.8 Å². The van der Waals surface area contributed by atoms with Gasteiger partial charge in [-0.25, -0.2) is 15.0 Å². The van der Waals surface area contributed by atoms with Crippen molar-refractivity contribution in [1.29, 1.82) is 0 Å². The number of aryl methyl sites for hydroxylation is 1. The molecule has 0 spiro atoms. The third-order valence-electron chi connectivity index (χ3n) is 2.29. The second-order valence-corrected chi connectivity index (χ2v) is 6.50. The first-order valence-corrected chi connectivity index (χ1v) is 7.67. The SMILES string of the molecule is Cc1csc(-c2nc(Cl)c(Br)c(CC(C)C)n2)n1. The Kier molecular flexibility index (Phi) is 4.35. The summed E-state index contributed by atoms with van der Waals surface area (Å²) in [6.07, 6.45) is 0.861. The quantitative estimate of drug-likeness (QED) is 0.767. The molecule has 3 nitrogen and oxygen atoms in total. The molecule has 0 aliphatic rings. The van der Waals surface area contributed by atoms with Crippen molar-refractivity contribution in [3.05, 3.63) is 26.4 Å². The summed E-state index contributed by atoms with van der Waals surface area (Å²) in [5.74, 6) is 1.12. The fourth-order valence-corrected chi connectivity index (χ4v) is 2.79. The zero-order valence-corrected chi connectivity index (χ0v) is 13.5. The van der Waals surface area contributed by atoms with E-state index in [1.165, 1.54) is 11.3 Å². The first kappa shape index (κ1) is 13.9. The molecule has 2 heterocycles. The van der Waals surface area contributed by atoms with E-state index in [0.29, 0.717) is 16.9 Å². The highest BCUT2D eigenvalue weighted by molar-refractivity contribution is 9.10. The molecule has 0 fully saturated rings. The van der Waals surface area contributed by atoms with Crippen LogP contribution in [0, 0.1) is 12.8 Å². The third-order valence-corrected chi connectivity index (χ3v) is 4.58. The molecule has 0 bridgehead atoms. The number of hydrogen-bond acceptors (Lipinski definition) is 4. The first-order chi connectivity index (χ1) is 8.47. The Morgan fingerprint density at radius 3 is 2.61 bits per heavy atom. The molecule has 0 saturated heterocycles. The van der Waals surface area contributed by atoms with Crippen LogP contribution in [0.1, 0.15) is 25.2 Å². The second kappa shape index (κ2) is 5.63. The molecule has 0 saturated carbocycles. The van der Waals surface area contributed by atoms with Gasteiger partial charge in [0.1, 0.15) is 5.15 Å². The van der Waals surface area contributed by atoms with Gasteiger partial charge < -0.3 is 0 Å². The Balaban J connectivity index is 2.46. The average Bonchev–Trinajstić information content (AvgIpc) is 2.70. The summed E-state index contributed by atoms with van der Waals surface area (Å²) >= 11 is 11.1. The van der Waals surface area contributed by atoms with E-state index in [2.05, 4.69) is 44.7 Å². The summed E-state index contributed by atoms with van der Waals surface area (Å²) in [4.78, 5) is 13.2. The van der Waals surface area contributed by atoms with Crippen LogP contribution in [-0.4, -0.2) is 15.0 Å². The minimum absolute atomic E-state index is 0.448. The third kappa shape index (κ3) is 3.08. The number of aromatic nitrogens is 3. The van der Waals surface area contributed by atoms with Gasteiger partial charge in [0, 0.05) is 11.1 Å². The van der Waals surface area contributed by atoms with Crippen LogP contribution < -0.4 is 0 Å². The maximum absolute atomic E-state index is 6.14. The number of rotatable bonds is 3.